The summed E-state index contributed by atoms with van der Waals surface area (Å²) >= 11 is 0. The second kappa shape index (κ2) is 20.3. The Morgan fingerprint density at radius 2 is 1.04 bits per heavy atom. The van der Waals surface area contributed by atoms with Crippen LogP contribution in [0.2, 0.25) is 0 Å². The predicted octanol–water partition coefficient (Wildman–Crippen LogP) is 6.42. The number of rotatable bonds is 21. The van der Waals surface area contributed by atoms with E-state index in [1.165, 1.54) is 89.9 Å². The highest BCUT2D eigenvalue weighted by Crippen LogP contribution is 2.14. The molecule has 3 nitrogen and oxygen atoms in total. The van der Waals surface area contributed by atoms with Gasteiger partial charge in [-0.05, 0) is 26.3 Å². The standard InChI is InChI=1S/C24H49NO2/c1-22(2)24(27)19-17-15-13-11-9-7-5-4-6-8-10-12-14-16-18-20-25-23(3)21-26/h22-23,25-26H,4-21H2,1-3H3. The second-order valence-electron chi connectivity index (χ2n) is 8.71. The summed E-state index contributed by atoms with van der Waals surface area (Å²) in [6, 6.07) is 0.241. The third kappa shape index (κ3) is 20.1. The highest BCUT2D eigenvalue weighted by molar-refractivity contribution is 5.80. The Morgan fingerprint density at radius 3 is 1.41 bits per heavy atom. The highest BCUT2D eigenvalue weighted by atomic mass is 16.3. The topological polar surface area (TPSA) is 49.3 Å². The first-order valence-electron chi connectivity index (χ1n) is 11.9. The van der Waals surface area contributed by atoms with Crippen molar-refractivity contribution in [1.29, 1.82) is 0 Å². The van der Waals surface area contributed by atoms with E-state index in [-0.39, 0.29) is 18.6 Å². The number of carbonyl (C=O) groups excluding carboxylic acids is 1. The largest absolute Gasteiger partial charge is 0.395 e. The van der Waals surface area contributed by atoms with Crippen molar-refractivity contribution in [2.45, 2.75) is 130 Å². The molecule has 162 valence electrons. The van der Waals surface area contributed by atoms with Crippen LogP contribution in [0.4, 0.5) is 0 Å². The lowest BCUT2D eigenvalue weighted by molar-refractivity contribution is -0.122. The SMILES string of the molecule is CC(CO)NCCCCCCCCCCCCCCCCCC(=O)C(C)C. The lowest BCUT2D eigenvalue weighted by Gasteiger charge is -2.09. The van der Waals surface area contributed by atoms with Crippen LogP contribution in [0.1, 0.15) is 124 Å². The van der Waals surface area contributed by atoms with Crippen LogP contribution in [-0.4, -0.2) is 30.1 Å². The van der Waals surface area contributed by atoms with E-state index in [1.807, 2.05) is 20.8 Å². The van der Waals surface area contributed by atoms with Crippen molar-refractivity contribution in [2.24, 2.45) is 5.92 Å². The van der Waals surface area contributed by atoms with Gasteiger partial charge < -0.3 is 10.4 Å². The zero-order valence-electron chi connectivity index (χ0n) is 18.7. The summed E-state index contributed by atoms with van der Waals surface area (Å²) in [5.41, 5.74) is 0. The number of unbranched alkanes of at least 4 members (excludes halogenated alkanes) is 14. The van der Waals surface area contributed by atoms with E-state index in [0.717, 1.165) is 19.4 Å². The number of ketones is 1. The minimum atomic E-state index is 0.216. The van der Waals surface area contributed by atoms with Crippen LogP contribution in [0.25, 0.3) is 0 Å². The molecule has 0 aliphatic rings. The normalized spacial score (nSPS) is 12.6. The molecule has 3 heteroatoms. The number of Topliss-reactive ketones (excluding diaryl/α,β-unsaturated/α-hetero) is 1. The van der Waals surface area contributed by atoms with E-state index < -0.39 is 0 Å². The number of nitrogens with one attached hydrogen (secondary N) is 1. The van der Waals surface area contributed by atoms with Crippen molar-refractivity contribution in [3.63, 3.8) is 0 Å². The summed E-state index contributed by atoms with van der Waals surface area (Å²) in [6.45, 7) is 7.31. The maximum atomic E-state index is 11.5. The van der Waals surface area contributed by atoms with Gasteiger partial charge in [-0.3, -0.25) is 4.79 Å². The maximum absolute atomic E-state index is 11.5. The summed E-state index contributed by atoms with van der Waals surface area (Å²) < 4.78 is 0. The average Bonchev–Trinajstić information content (AvgIpc) is 2.66. The number of hydrogen-bond donors (Lipinski definition) is 2. The third-order valence-electron chi connectivity index (χ3n) is 5.51. The Morgan fingerprint density at radius 1 is 0.667 bits per heavy atom. The predicted molar refractivity (Wildman–Crippen MR) is 118 cm³/mol. The zero-order chi connectivity index (χ0) is 20.2. The molecule has 1 unspecified atom stereocenters. The molecule has 0 saturated carbocycles. The molecule has 0 rings (SSSR count). The molecule has 0 fully saturated rings. The fraction of sp³-hybridized carbons (Fsp3) is 0.958. The first-order valence-corrected chi connectivity index (χ1v) is 11.9. The Bertz CT molecular complexity index is 318. The fourth-order valence-electron chi connectivity index (χ4n) is 3.42. The Balaban J connectivity index is 3.08. The van der Waals surface area contributed by atoms with E-state index in [4.69, 9.17) is 5.11 Å². The van der Waals surface area contributed by atoms with Gasteiger partial charge in [0.25, 0.3) is 0 Å². The van der Waals surface area contributed by atoms with Crippen LogP contribution >= 0.6 is 0 Å². The van der Waals surface area contributed by atoms with Gasteiger partial charge in [0.05, 0.1) is 6.61 Å². The van der Waals surface area contributed by atoms with E-state index in [2.05, 4.69) is 5.32 Å². The molecule has 27 heavy (non-hydrogen) atoms. The van der Waals surface area contributed by atoms with Gasteiger partial charge in [-0.2, -0.15) is 0 Å². The molecule has 0 heterocycles. The van der Waals surface area contributed by atoms with Crippen LogP contribution in [0.3, 0.4) is 0 Å². The van der Waals surface area contributed by atoms with Crippen molar-refractivity contribution in [1.82, 2.24) is 5.32 Å². The van der Waals surface area contributed by atoms with Crippen molar-refractivity contribution in [2.75, 3.05) is 13.2 Å². The van der Waals surface area contributed by atoms with E-state index in [9.17, 15) is 4.79 Å². The van der Waals surface area contributed by atoms with Crippen molar-refractivity contribution < 1.29 is 9.90 Å². The fourth-order valence-corrected chi connectivity index (χ4v) is 3.42. The van der Waals surface area contributed by atoms with E-state index in [0.29, 0.717) is 5.78 Å². The lowest BCUT2D eigenvalue weighted by Crippen LogP contribution is -2.29. The molecule has 0 aliphatic carbocycles. The van der Waals surface area contributed by atoms with Crippen LogP contribution in [0.15, 0.2) is 0 Å². The van der Waals surface area contributed by atoms with Gasteiger partial charge in [0.2, 0.25) is 0 Å². The molecule has 2 N–H and O–H groups in total. The molecule has 1 atom stereocenters. The average molecular weight is 384 g/mol. The number of carbonyl (C=O) groups is 1. The molecule has 0 aromatic carbocycles. The molecule has 0 amide bonds. The number of hydrogen-bond acceptors (Lipinski definition) is 3. The molecule has 0 bridgehead atoms. The molecule has 0 radical (unpaired) electrons. The van der Waals surface area contributed by atoms with Crippen LogP contribution in [0.5, 0.6) is 0 Å². The van der Waals surface area contributed by atoms with Gasteiger partial charge in [0.1, 0.15) is 5.78 Å². The molecule has 0 spiro atoms. The molecule has 0 aromatic heterocycles. The minimum absolute atomic E-state index is 0.216. The summed E-state index contributed by atoms with van der Waals surface area (Å²) in [6.07, 6.45) is 20.9. The van der Waals surface area contributed by atoms with E-state index >= 15 is 0 Å². The van der Waals surface area contributed by atoms with Crippen LogP contribution < -0.4 is 5.32 Å². The Labute approximate surface area is 170 Å². The van der Waals surface area contributed by atoms with Gasteiger partial charge in [0.15, 0.2) is 0 Å². The number of aliphatic hydroxyl groups excluding tert-OH is 1. The molecule has 0 saturated heterocycles. The quantitative estimate of drug-likeness (QED) is 0.225. The number of aliphatic hydroxyl groups is 1. The molecule has 0 aromatic rings. The summed E-state index contributed by atoms with van der Waals surface area (Å²) in [5, 5.41) is 12.3. The Kier molecular flexibility index (Phi) is 20.0. The summed E-state index contributed by atoms with van der Waals surface area (Å²) in [7, 11) is 0. The third-order valence-corrected chi connectivity index (χ3v) is 5.51. The van der Waals surface area contributed by atoms with Crippen molar-refractivity contribution in [3.8, 4) is 0 Å². The van der Waals surface area contributed by atoms with Gasteiger partial charge >= 0.3 is 0 Å². The smallest absolute Gasteiger partial charge is 0.135 e. The summed E-state index contributed by atoms with van der Waals surface area (Å²) in [4.78, 5) is 11.5. The maximum Gasteiger partial charge on any atom is 0.135 e. The highest BCUT2D eigenvalue weighted by Gasteiger charge is 2.05. The first kappa shape index (κ1) is 26.6. The van der Waals surface area contributed by atoms with Gasteiger partial charge in [-0.25, -0.2) is 0 Å². The monoisotopic (exact) mass is 383 g/mol. The Hall–Kier alpha value is -0.410. The molecule has 0 aliphatic heterocycles. The lowest BCUT2D eigenvalue weighted by atomic mass is 10.0. The first-order chi connectivity index (χ1) is 13.1. The van der Waals surface area contributed by atoms with Crippen LogP contribution in [-0.2, 0) is 4.79 Å². The van der Waals surface area contributed by atoms with E-state index in [1.54, 1.807) is 0 Å². The van der Waals surface area contributed by atoms with Crippen LogP contribution in [0, 0.1) is 5.92 Å². The van der Waals surface area contributed by atoms with Gasteiger partial charge in [0, 0.05) is 18.4 Å². The molecular weight excluding hydrogens is 334 g/mol. The second-order valence-corrected chi connectivity index (χ2v) is 8.71. The van der Waals surface area contributed by atoms with Gasteiger partial charge in [-0.1, -0.05) is 97.3 Å². The van der Waals surface area contributed by atoms with Gasteiger partial charge in [-0.15, -0.1) is 0 Å². The van der Waals surface area contributed by atoms with Crippen molar-refractivity contribution >= 4 is 5.78 Å². The molecular formula is C24H49NO2. The minimum Gasteiger partial charge on any atom is -0.395 e. The van der Waals surface area contributed by atoms with Crippen molar-refractivity contribution in [3.05, 3.63) is 0 Å². The zero-order valence-corrected chi connectivity index (χ0v) is 18.7. The summed E-state index contributed by atoms with van der Waals surface area (Å²) in [5.74, 6) is 0.647.